The van der Waals surface area contributed by atoms with E-state index in [4.69, 9.17) is 0 Å². The van der Waals surface area contributed by atoms with Gasteiger partial charge in [-0.1, -0.05) is 13.0 Å². The van der Waals surface area contributed by atoms with Gasteiger partial charge in [0.05, 0.1) is 10.6 Å². The average molecular weight is 318 g/mol. The molecule has 0 unspecified atom stereocenters. The van der Waals surface area contributed by atoms with Crippen LogP contribution in [0.3, 0.4) is 0 Å². The van der Waals surface area contributed by atoms with Crippen LogP contribution in [0.4, 0.5) is 0 Å². The first-order chi connectivity index (χ1) is 10.7. The summed E-state index contributed by atoms with van der Waals surface area (Å²) in [5, 5.41) is 1.93. The van der Waals surface area contributed by atoms with E-state index in [0.29, 0.717) is 18.8 Å². The molecule has 0 aliphatic carbocycles. The molecule has 1 saturated heterocycles. The highest BCUT2D eigenvalue weighted by Gasteiger charge is 2.23. The van der Waals surface area contributed by atoms with Gasteiger partial charge in [-0.2, -0.15) is 4.98 Å². The molecule has 22 heavy (non-hydrogen) atoms. The van der Waals surface area contributed by atoms with Crippen molar-refractivity contribution in [3.8, 4) is 10.6 Å². The van der Waals surface area contributed by atoms with E-state index in [1.807, 2.05) is 17.5 Å². The number of rotatable bonds is 3. The van der Waals surface area contributed by atoms with E-state index in [1.54, 1.807) is 11.0 Å². The lowest BCUT2D eigenvalue weighted by Crippen LogP contribution is -2.48. The van der Waals surface area contributed by atoms with E-state index >= 15 is 0 Å². The number of amides is 1. The summed E-state index contributed by atoms with van der Waals surface area (Å²) >= 11 is 1.51. The molecule has 7 heteroatoms. The number of nitrogens with zero attached hydrogens (tertiary/aromatic N) is 3. The number of thiophene rings is 1. The lowest BCUT2D eigenvalue weighted by Gasteiger charge is -2.33. The second kappa shape index (κ2) is 6.41. The predicted octanol–water partition coefficient (Wildman–Crippen LogP) is 1.28. The minimum Gasteiger partial charge on any atom is -0.335 e. The van der Waals surface area contributed by atoms with Gasteiger partial charge in [0.25, 0.3) is 5.91 Å². The standard InChI is InChI=1S/C15H18N4O2S/c1-2-18-5-7-19(8-6-18)14(20)12-10-11(16-15(21)17-12)13-4-3-9-22-13/h3-4,9-10H,2,5-8H2,1H3,(H,16,17,21). The number of carbonyl (C=O) groups is 1. The van der Waals surface area contributed by atoms with Gasteiger partial charge in [0.1, 0.15) is 5.69 Å². The molecule has 1 N–H and O–H groups in total. The third-order valence-electron chi connectivity index (χ3n) is 3.86. The van der Waals surface area contributed by atoms with Crippen molar-refractivity contribution in [2.75, 3.05) is 32.7 Å². The summed E-state index contributed by atoms with van der Waals surface area (Å²) in [7, 11) is 0. The Balaban J connectivity index is 1.83. The Morgan fingerprint density at radius 2 is 2.14 bits per heavy atom. The number of nitrogens with one attached hydrogen (secondary N) is 1. The maximum absolute atomic E-state index is 12.6. The van der Waals surface area contributed by atoms with Crippen molar-refractivity contribution < 1.29 is 4.79 Å². The van der Waals surface area contributed by atoms with Crippen LogP contribution in [-0.4, -0.2) is 58.4 Å². The molecule has 116 valence electrons. The van der Waals surface area contributed by atoms with Crippen LogP contribution in [0.25, 0.3) is 10.6 Å². The molecule has 0 radical (unpaired) electrons. The molecule has 3 rings (SSSR count). The highest BCUT2D eigenvalue weighted by molar-refractivity contribution is 7.13. The topological polar surface area (TPSA) is 69.3 Å². The fourth-order valence-electron chi connectivity index (χ4n) is 2.56. The van der Waals surface area contributed by atoms with Gasteiger partial charge < -0.3 is 14.8 Å². The van der Waals surface area contributed by atoms with E-state index in [-0.39, 0.29) is 11.6 Å². The van der Waals surface area contributed by atoms with E-state index in [2.05, 4.69) is 21.8 Å². The molecule has 1 fully saturated rings. The Morgan fingerprint density at radius 3 is 2.77 bits per heavy atom. The third kappa shape index (κ3) is 3.10. The van der Waals surface area contributed by atoms with Crippen molar-refractivity contribution in [1.82, 2.24) is 19.8 Å². The zero-order chi connectivity index (χ0) is 15.5. The summed E-state index contributed by atoms with van der Waals surface area (Å²) in [5.41, 5.74) is 0.379. The molecular formula is C15H18N4O2S. The molecular weight excluding hydrogens is 300 g/mol. The Labute approximate surface area is 132 Å². The highest BCUT2D eigenvalue weighted by atomic mass is 32.1. The molecule has 3 heterocycles. The molecule has 0 spiro atoms. The lowest BCUT2D eigenvalue weighted by atomic mass is 10.2. The first kappa shape index (κ1) is 14.9. The number of piperazine rings is 1. The van der Waals surface area contributed by atoms with Crippen LogP contribution in [0.2, 0.25) is 0 Å². The van der Waals surface area contributed by atoms with Crippen molar-refractivity contribution in [3.05, 3.63) is 39.8 Å². The molecule has 6 nitrogen and oxygen atoms in total. The van der Waals surface area contributed by atoms with E-state index < -0.39 is 5.69 Å². The van der Waals surface area contributed by atoms with Crippen LogP contribution in [-0.2, 0) is 0 Å². The monoisotopic (exact) mass is 318 g/mol. The van der Waals surface area contributed by atoms with Gasteiger partial charge in [-0.3, -0.25) is 4.79 Å². The van der Waals surface area contributed by atoms with Crippen LogP contribution < -0.4 is 5.69 Å². The van der Waals surface area contributed by atoms with E-state index in [0.717, 1.165) is 24.5 Å². The maximum Gasteiger partial charge on any atom is 0.346 e. The molecule has 0 aromatic carbocycles. The minimum absolute atomic E-state index is 0.167. The zero-order valence-electron chi connectivity index (χ0n) is 12.4. The maximum atomic E-state index is 12.6. The summed E-state index contributed by atoms with van der Waals surface area (Å²) < 4.78 is 0. The summed E-state index contributed by atoms with van der Waals surface area (Å²) in [6, 6.07) is 5.48. The van der Waals surface area contributed by atoms with Crippen molar-refractivity contribution in [2.24, 2.45) is 0 Å². The van der Waals surface area contributed by atoms with Gasteiger partial charge in [-0.05, 0) is 24.1 Å². The Kier molecular flexibility index (Phi) is 4.35. The largest absolute Gasteiger partial charge is 0.346 e. The van der Waals surface area contributed by atoms with Crippen molar-refractivity contribution in [3.63, 3.8) is 0 Å². The molecule has 1 aliphatic heterocycles. The first-order valence-corrected chi connectivity index (χ1v) is 8.22. The van der Waals surface area contributed by atoms with Gasteiger partial charge in [-0.25, -0.2) is 4.79 Å². The zero-order valence-corrected chi connectivity index (χ0v) is 13.2. The molecule has 0 saturated carbocycles. The normalized spacial score (nSPS) is 16.0. The van der Waals surface area contributed by atoms with Crippen LogP contribution in [0.1, 0.15) is 17.4 Å². The number of hydrogen-bond acceptors (Lipinski definition) is 5. The van der Waals surface area contributed by atoms with Gasteiger partial charge in [0.2, 0.25) is 0 Å². The second-order valence-electron chi connectivity index (χ2n) is 5.19. The average Bonchev–Trinajstić information content (AvgIpc) is 3.08. The summed E-state index contributed by atoms with van der Waals surface area (Å²) in [6.07, 6.45) is 0. The Hall–Kier alpha value is -1.99. The molecule has 1 amide bonds. The molecule has 0 bridgehead atoms. The van der Waals surface area contributed by atoms with Crippen molar-refractivity contribution >= 4 is 17.2 Å². The number of carbonyl (C=O) groups excluding carboxylic acids is 1. The van der Waals surface area contributed by atoms with Gasteiger partial charge >= 0.3 is 5.69 Å². The van der Waals surface area contributed by atoms with Crippen molar-refractivity contribution in [2.45, 2.75) is 6.92 Å². The van der Waals surface area contributed by atoms with E-state index in [1.165, 1.54) is 11.3 Å². The number of aromatic nitrogens is 2. The molecule has 1 aliphatic rings. The summed E-state index contributed by atoms with van der Waals surface area (Å²) in [6.45, 7) is 6.19. The Morgan fingerprint density at radius 1 is 1.36 bits per heavy atom. The molecule has 0 atom stereocenters. The minimum atomic E-state index is -0.485. The van der Waals surface area contributed by atoms with Crippen LogP contribution >= 0.6 is 11.3 Å². The molecule has 2 aromatic heterocycles. The molecule has 2 aromatic rings. The predicted molar refractivity (Wildman–Crippen MR) is 86.2 cm³/mol. The quantitative estimate of drug-likeness (QED) is 0.925. The third-order valence-corrected chi connectivity index (χ3v) is 4.76. The van der Waals surface area contributed by atoms with Gasteiger partial charge in [-0.15, -0.1) is 11.3 Å². The SMILES string of the molecule is CCN1CCN(C(=O)c2cc(-c3cccs3)[nH]c(=O)n2)CC1. The first-order valence-electron chi connectivity index (χ1n) is 7.34. The van der Waals surface area contributed by atoms with Crippen LogP contribution in [0.15, 0.2) is 28.4 Å². The van der Waals surface area contributed by atoms with Crippen molar-refractivity contribution in [1.29, 1.82) is 0 Å². The smallest absolute Gasteiger partial charge is 0.335 e. The lowest BCUT2D eigenvalue weighted by molar-refractivity contribution is 0.0637. The fourth-order valence-corrected chi connectivity index (χ4v) is 3.26. The number of hydrogen-bond donors (Lipinski definition) is 1. The summed E-state index contributed by atoms with van der Waals surface area (Å²) in [4.78, 5) is 35.8. The summed E-state index contributed by atoms with van der Waals surface area (Å²) in [5.74, 6) is -0.167. The number of aromatic amines is 1. The van der Waals surface area contributed by atoms with Gasteiger partial charge in [0, 0.05) is 26.2 Å². The Bertz CT molecular complexity index is 703. The van der Waals surface area contributed by atoms with Crippen LogP contribution in [0.5, 0.6) is 0 Å². The second-order valence-corrected chi connectivity index (χ2v) is 6.14. The fraction of sp³-hybridized carbons (Fsp3) is 0.400. The van der Waals surface area contributed by atoms with Crippen LogP contribution in [0, 0.1) is 0 Å². The number of H-pyrrole nitrogens is 1. The highest BCUT2D eigenvalue weighted by Crippen LogP contribution is 2.22. The van der Waals surface area contributed by atoms with E-state index in [9.17, 15) is 9.59 Å². The van der Waals surface area contributed by atoms with Gasteiger partial charge in [0.15, 0.2) is 0 Å². The number of likely N-dealkylation sites (N-methyl/N-ethyl adjacent to an activating group) is 1.